The van der Waals surface area contributed by atoms with Crippen LogP contribution in [0, 0.1) is 5.82 Å². The van der Waals surface area contributed by atoms with Crippen LogP contribution in [0.4, 0.5) is 10.1 Å². The second-order valence-corrected chi connectivity index (χ2v) is 5.32. The number of halogens is 2. The molecule has 1 saturated heterocycles. The van der Waals surface area contributed by atoms with E-state index in [9.17, 15) is 4.39 Å². The van der Waals surface area contributed by atoms with Gasteiger partial charge in [-0.3, -0.25) is 0 Å². The van der Waals surface area contributed by atoms with E-state index in [-0.39, 0.29) is 5.82 Å². The van der Waals surface area contributed by atoms with Crippen molar-refractivity contribution in [2.45, 2.75) is 25.9 Å². The Kier molecular flexibility index (Phi) is 3.50. The molecule has 0 aliphatic carbocycles. The Balaban J connectivity index is 2.28. The third-order valence-corrected chi connectivity index (χ3v) is 3.48. The molecule has 2 atom stereocenters. The van der Waals surface area contributed by atoms with Crippen LogP contribution in [0.5, 0.6) is 0 Å². The van der Waals surface area contributed by atoms with Gasteiger partial charge in [-0.2, -0.15) is 0 Å². The maximum Gasteiger partial charge on any atom is 0.147 e. The van der Waals surface area contributed by atoms with Gasteiger partial charge in [-0.05, 0) is 32.0 Å². The van der Waals surface area contributed by atoms with Crippen LogP contribution in [0.1, 0.15) is 13.8 Å². The molecule has 1 fully saturated rings. The summed E-state index contributed by atoms with van der Waals surface area (Å²) in [4.78, 5) is 2.13. The summed E-state index contributed by atoms with van der Waals surface area (Å²) >= 11 is 3.28. The van der Waals surface area contributed by atoms with Crippen LogP contribution in [0.25, 0.3) is 0 Å². The van der Waals surface area contributed by atoms with Crippen molar-refractivity contribution < 1.29 is 4.39 Å². The predicted octanol–water partition coefficient (Wildman–Crippen LogP) is 2.77. The van der Waals surface area contributed by atoms with Gasteiger partial charge in [0.25, 0.3) is 0 Å². The summed E-state index contributed by atoms with van der Waals surface area (Å²) in [5.74, 6) is -0.157. The molecule has 1 heterocycles. The van der Waals surface area contributed by atoms with E-state index in [4.69, 9.17) is 0 Å². The Morgan fingerprint density at radius 3 is 2.88 bits per heavy atom. The van der Waals surface area contributed by atoms with E-state index in [1.807, 2.05) is 12.1 Å². The molecular formula is C12H16BrFN2. The van der Waals surface area contributed by atoms with Gasteiger partial charge in [-0.25, -0.2) is 4.39 Å². The molecule has 2 unspecified atom stereocenters. The predicted molar refractivity (Wildman–Crippen MR) is 68.4 cm³/mol. The number of hydrogen-bond acceptors (Lipinski definition) is 2. The third kappa shape index (κ3) is 2.38. The van der Waals surface area contributed by atoms with Crippen LogP contribution in [-0.4, -0.2) is 25.2 Å². The summed E-state index contributed by atoms with van der Waals surface area (Å²) in [5, 5.41) is 3.39. The summed E-state index contributed by atoms with van der Waals surface area (Å²) < 4.78 is 14.6. The van der Waals surface area contributed by atoms with E-state index in [1.54, 1.807) is 0 Å². The monoisotopic (exact) mass is 286 g/mol. The van der Waals surface area contributed by atoms with E-state index in [0.717, 1.165) is 17.6 Å². The van der Waals surface area contributed by atoms with Crippen molar-refractivity contribution in [2.75, 3.05) is 18.0 Å². The van der Waals surface area contributed by atoms with Crippen molar-refractivity contribution >= 4 is 21.6 Å². The Bertz CT molecular complexity index is 383. The summed E-state index contributed by atoms with van der Waals surface area (Å²) in [6.07, 6.45) is 0. The molecular weight excluding hydrogens is 271 g/mol. The fraction of sp³-hybridized carbons (Fsp3) is 0.500. The normalized spacial score (nSPS) is 25.9. The molecule has 1 aromatic carbocycles. The van der Waals surface area contributed by atoms with Gasteiger partial charge in [-0.15, -0.1) is 0 Å². The molecule has 0 saturated carbocycles. The highest BCUT2D eigenvalue weighted by Gasteiger charge is 2.24. The summed E-state index contributed by atoms with van der Waals surface area (Å²) in [7, 11) is 0. The van der Waals surface area contributed by atoms with Crippen molar-refractivity contribution in [1.82, 2.24) is 5.32 Å². The minimum absolute atomic E-state index is 0.157. The summed E-state index contributed by atoms with van der Waals surface area (Å²) in [5.41, 5.74) is 0.698. The molecule has 2 nitrogen and oxygen atoms in total. The summed E-state index contributed by atoms with van der Waals surface area (Å²) in [6.45, 7) is 5.98. The molecule has 0 spiro atoms. The fourth-order valence-electron chi connectivity index (χ4n) is 2.07. The van der Waals surface area contributed by atoms with Gasteiger partial charge in [0, 0.05) is 29.6 Å². The Hall–Kier alpha value is -0.610. The first-order valence-electron chi connectivity index (χ1n) is 5.53. The molecule has 4 heteroatoms. The number of hydrogen-bond donors (Lipinski definition) is 1. The molecule has 1 aromatic rings. The highest BCUT2D eigenvalue weighted by molar-refractivity contribution is 9.10. The maximum absolute atomic E-state index is 13.8. The van der Waals surface area contributed by atoms with Crippen molar-refractivity contribution in [3.05, 3.63) is 28.5 Å². The lowest BCUT2D eigenvalue weighted by atomic mass is 10.1. The van der Waals surface area contributed by atoms with Crippen molar-refractivity contribution in [2.24, 2.45) is 0 Å². The molecule has 0 bridgehead atoms. The van der Waals surface area contributed by atoms with E-state index in [0.29, 0.717) is 17.8 Å². The van der Waals surface area contributed by atoms with Crippen LogP contribution < -0.4 is 10.2 Å². The Labute approximate surface area is 104 Å². The maximum atomic E-state index is 13.8. The highest BCUT2D eigenvalue weighted by atomic mass is 79.9. The van der Waals surface area contributed by atoms with Gasteiger partial charge in [0.2, 0.25) is 0 Å². The lowest BCUT2D eigenvalue weighted by Gasteiger charge is -2.39. The van der Waals surface area contributed by atoms with E-state index < -0.39 is 0 Å². The van der Waals surface area contributed by atoms with Crippen molar-refractivity contribution in [3.8, 4) is 0 Å². The van der Waals surface area contributed by atoms with Crippen LogP contribution in [0.15, 0.2) is 22.7 Å². The first-order valence-corrected chi connectivity index (χ1v) is 6.32. The second-order valence-electron chi connectivity index (χ2n) is 4.41. The fourth-order valence-corrected chi connectivity index (χ4v) is 2.40. The minimum atomic E-state index is -0.157. The molecule has 0 radical (unpaired) electrons. The number of nitrogens with one attached hydrogen (secondary N) is 1. The number of anilines is 1. The molecule has 1 aliphatic rings. The zero-order valence-electron chi connectivity index (χ0n) is 9.50. The van der Waals surface area contributed by atoms with Crippen molar-refractivity contribution in [1.29, 1.82) is 0 Å². The van der Waals surface area contributed by atoms with Crippen LogP contribution in [0.2, 0.25) is 0 Å². The first-order chi connectivity index (χ1) is 7.58. The number of piperazine rings is 1. The van der Waals surface area contributed by atoms with E-state index in [1.165, 1.54) is 6.07 Å². The number of nitrogens with zero attached hydrogens (tertiary/aromatic N) is 1. The van der Waals surface area contributed by atoms with Gasteiger partial charge in [0.05, 0.1) is 5.69 Å². The zero-order valence-corrected chi connectivity index (χ0v) is 11.1. The van der Waals surface area contributed by atoms with E-state index >= 15 is 0 Å². The van der Waals surface area contributed by atoms with Gasteiger partial charge in [0.15, 0.2) is 0 Å². The quantitative estimate of drug-likeness (QED) is 0.854. The van der Waals surface area contributed by atoms with Crippen LogP contribution in [-0.2, 0) is 0 Å². The van der Waals surface area contributed by atoms with Gasteiger partial charge in [-0.1, -0.05) is 15.9 Å². The molecule has 16 heavy (non-hydrogen) atoms. The lowest BCUT2D eigenvalue weighted by molar-refractivity contribution is 0.420. The average molecular weight is 287 g/mol. The Morgan fingerprint density at radius 2 is 2.19 bits per heavy atom. The number of benzene rings is 1. The standard InChI is InChI=1S/C12H16BrFN2/c1-8-7-16(9(2)6-15-8)12-4-3-10(13)5-11(12)14/h3-5,8-9,15H,6-7H2,1-2H3. The zero-order chi connectivity index (χ0) is 11.7. The van der Waals surface area contributed by atoms with E-state index in [2.05, 4.69) is 40.0 Å². The molecule has 1 N–H and O–H groups in total. The SMILES string of the molecule is CC1CN(c2ccc(Br)cc2F)C(C)CN1. The average Bonchev–Trinajstić information content (AvgIpc) is 2.22. The van der Waals surface area contributed by atoms with Gasteiger partial charge < -0.3 is 10.2 Å². The largest absolute Gasteiger partial charge is 0.364 e. The molecule has 1 aliphatic heterocycles. The smallest absolute Gasteiger partial charge is 0.147 e. The van der Waals surface area contributed by atoms with Crippen LogP contribution in [0.3, 0.4) is 0 Å². The second kappa shape index (κ2) is 4.72. The third-order valence-electron chi connectivity index (χ3n) is 2.98. The first kappa shape index (κ1) is 11.9. The molecule has 0 amide bonds. The number of rotatable bonds is 1. The topological polar surface area (TPSA) is 15.3 Å². The molecule has 0 aromatic heterocycles. The lowest BCUT2D eigenvalue weighted by Crippen LogP contribution is -2.54. The van der Waals surface area contributed by atoms with Gasteiger partial charge >= 0.3 is 0 Å². The minimum Gasteiger partial charge on any atom is -0.364 e. The van der Waals surface area contributed by atoms with Crippen LogP contribution >= 0.6 is 15.9 Å². The van der Waals surface area contributed by atoms with Gasteiger partial charge in [0.1, 0.15) is 5.82 Å². The Morgan fingerprint density at radius 1 is 1.44 bits per heavy atom. The molecule has 88 valence electrons. The summed E-state index contributed by atoms with van der Waals surface area (Å²) in [6, 6.07) is 5.98. The molecule has 2 rings (SSSR count). The van der Waals surface area contributed by atoms with Crippen molar-refractivity contribution in [3.63, 3.8) is 0 Å². The highest BCUT2D eigenvalue weighted by Crippen LogP contribution is 2.26.